The van der Waals surface area contributed by atoms with Gasteiger partial charge in [0.1, 0.15) is 0 Å². The van der Waals surface area contributed by atoms with Crippen molar-refractivity contribution in [2.24, 2.45) is 0 Å². The molecule has 0 unspecified atom stereocenters. The van der Waals surface area contributed by atoms with Gasteiger partial charge >= 0.3 is 12.0 Å². The highest BCUT2D eigenvalue weighted by molar-refractivity contribution is 7.92. The number of sulfonamides is 1. The van der Waals surface area contributed by atoms with Crippen molar-refractivity contribution in [3.8, 4) is 0 Å². The van der Waals surface area contributed by atoms with Crippen molar-refractivity contribution < 1.29 is 27.5 Å². The Balaban J connectivity index is 2.10. The number of hydrogen-bond acceptors (Lipinski definition) is 6. The Morgan fingerprint density at radius 3 is 2.14 bits per heavy atom. The molecule has 1 atom stereocenters. The number of anilines is 1. The second-order valence-corrected chi connectivity index (χ2v) is 7.92. The Labute approximate surface area is 168 Å². The smallest absolute Gasteiger partial charge is 0.338 e. The highest BCUT2D eigenvalue weighted by atomic mass is 32.2. The van der Waals surface area contributed by atoms with E-state index in [0.29, 0.717) is 5.69 Å². The molecule has 0 bridgehead atoms. The van der Waals surface area contributed by atoms with Crippen LogP contribution in [0.2, 0.25) is 0 Å². The second kappa shape index (κ2) is 9.20. The maximum atomic E-state index is 12.7. The standard InChI is InChI=1S/C19H21N3O6S/c1-13(17(23)21-19(25)20-2)28-18(24)14-9-11-16(12-10-14)29(26,27)22(3)15-7-5-4-6-8-15/h4-13H,1-3H3,(H2,20,21,23,25)/t13-/m0/s1. The van der Waals surface area contributed by atoms with Crippen LogP contribution in [0.15, 0.2) is 59.5 Å². The number of imide groups is 1. The number of urea groups is 1. The zero-order chi connectivity index (χ0) is 21.6. The number of nitrogens with one attached hydrogen (secondary N) is 2. The molecule has 0 saturated carbocycles. The summed E-state index contributed by atoms with van der Waals surface area (Å²) < 4.78 is 31.6. The molecule has 0 spiro atoms. The van der Waals surface area contributed by atoms with E-state index < -0.39 is 34.0 Å². The molecular weight excluding hydrogens is 398 g/mol. The number of carbonyl (C=O) groups is 3. The lowest BCUT2D eigenvalue weighted by Gasteiger charge is -2.19. The highest BCUT2D eigenvalue weighted by Crippen LogP contribution is 2.22. The van der Waals surface area contributed by atoms with E-state index in [1.54, 1.807) is 30.3 Å². The van der Waals surface area contributed by atoms with Crippen LogP contribution in [0.25, 0.3) is 0 Å². The third kappa shape index (κ3) is 5.32. The van der Waals surface area contributed by atoms with Gasteiger partial charge in [0.2, 0.25) is 0 Å². The molecule has 0 aromatic heterocycles. The Kier molecular flexibility index (Phi) is 6.94. The summed E-state index contributed by atoms with van der Waals surface area (Å²) in [6.45, 7) is 1.31. The number of carbonyl (C=O) groups excluding carboxylic acids is 3. The number of hydrogen-bond donors (Lipinski definition) is 2. The van der Waals surface area contributed by atoms with Crippen molar-refractivity contribution in [3.05, 3.63) is 60.2 Å². The maximum Gasteiger partial charge on any atom is 0.338 e. The van der Waals surface area contributed by atoms with Crippen LogP contribution in [0.4, 0.5) is 10.5 Å². The number of para-hydroxylation sites is 1. The van der Waals surface area contributed by atoms with Crippen LogP contribution in [0.5, 0.6) is 0 Å². The van der Waals surface area contributed by atoms with E-state index in [-0.39, 0.29) is 10.5 Å². The lowest BCUT2D eigenvalue weighted by Crippen LogP contribution is -2.43. The third-order valence-corrected chi connectivity index (χ3v) is 5.78. The first-order valence-corrected chi connectivity index (χ1v) is 9.98. The average molecular weight is 419 g/mol. The number of amides is 3. The summed E-state index contributed by atoms with van der Waals surface area (Å²) in [5, 5.41) is 4.20. The van der Waals surface area contributed by atoms with Crippen molar-refractivity contribution in [2.75, 3.05) is 18.4 Å². The fraction of sp³-hybridized carbons (Fsp3) is 0.211. The van der Waals surface area contributed by atoms with Crippen LogP contribution in [0.3, 0.4) is 0 Å². The third-order valence-electron chi connectivity index (χ3n) is 3.99. The molecule has 0 radical (unpaired) electrons. The van der Waals surface area contributed by atoms with E-state index in [9.17, 15) is 22.8 Å². The van der Waals surface area contributed by atoms with Crippen LogP contribution < -0.4 is 14.9 Å². The fourth-order valence-electron chi connectivity index (χ4n) is 2.26. The fourth-order valence-corrected chi connectivity index (χ4v) is 3.45. The van der Waals surface area contributed by atoms with Gasteiger partial charge < -0.3 is 10.1 Å². The number of nitrogens with zero attached hydrogens (tertiary/aromatic N) is 1. The number of benzene rings is 2. The summed E-state index contributed by atoms with van der Waals surface area (Å²) >= 11 is 0. The largest absolute Gasteiger partial charge is 0.449 e. The molecule has 154 valence electrons. The Morgan fingerprint density at radius 2 is 1.59 bits per heavy atom. The molecule has 9 nitrogen and oxygen atoms in total. The topological polar surface area (TPSA) is 122 Å². The zero-order valence-electron chi connectivity index (χ0n) is 16.1. The monoisotopic (exact) mass is 419 g/mol. The number of esters is 1. The van der Waals surface area contributed by atoms with Crippen molar-refractivity contribution in [2.45, 2.75) is 17.9 Å². The summed E-state index contributed by atoms with van der Waals surface area (Å²) in [6.07, 6.45) is -1.22. The normalized spacial score (nSPS) is 11.8. The SMILES string of the molecule is CNC(=O)NC(=O)[C@H](C)OC(=O)c1ccc(S(=O)(=O)N(C)c2ccccc2)cc1. The lowest BCUT2D eigenvalue weighted by atomic mass is 10.2. The molecule has 2 aromatic carbocycles. The Hall–Kier alpha value is -3.40. The summed E-state index contributed by atoms with van der Waals surface area (Å²) in [5.74, 6) is -1.62. The first kappa shape index (κ1) is 21.9. The van der Waals surface area contributed by atoms with Gasteiger partial charge in [-0.15, -0.1) is 0 Å². The molecule has 3 amide bonds. The molecule has 10 heteroatoms. The first-order valence-electron chi connectivity index (χ1n) is 8.54. The molecule has 0 saturated heterocycles. The zero-order valence-corrected chi connectivity index (χ0v) is 16.9. The van der Waals surface area contributed by atoms with Crippen molar-refractivity contribution >= 4 is 33.6 Å². The molecule has 0 aliphatic heterocycles. The van der Waals surface area contributed by atoms with E-state index in [2.05, 4.69) is 5.32 Å². The molecule has 2 N–H and O–H groups in total. The summed E-state index contributed by atoms with van der Waals surface area (Å²) in [4.78, 5) is 35.0. The van der Waals surface area contributed by atoms with E-state index in [0.717, 1.165) is 4.31 Å². The molecular formula is C19H21N3O6S. The van der Waals surface area contributed by atoms with E-state index in [1.165, 1.54) is 45.3 Å². The van der Waals surface area contributed by atoms with Gasteiger partial charge in [0.25, 0.3) is 15.9 Å². The molecule has 0 aliphatic rings. The number of ether oxygens (including phenoxy) is 1. The first-order chi connectivity index (χ1) is 13.7. The predicted molar refractivity (Wildman–Crippen MR) is 106 cm³/mol. The van der Waals surface area contributed by atoms with Gasteiger partial charge in [-0.05, 0) is 43.3 Å². The van der Waals surface area contributed by atoms with Crippen LogP contribution in [-0.2, 0) is 19.6 Å². The summed E-state index contributed by atoms with van der Waals surface area (Å²) in [5.41, 5.74) is 0.554. The number of rotatable bonds is 6. The molecule has 0 fully saturated rings. The Morgan fingerprint density at radius 1 is 1.00 bits per heavy atom. The van der Waals surface area contributed by atoms with Gasteiger partial charge in [0.05, 0.1) is 16.1 Å². The summed E-state index contributed by atoms with van der Waals surface area (Å²) in [7, 11) is -1.05. The quantitative estimate of drug-likeness (QED) is 0.685. The molecule has 2 rings (SSSR count). The second-order valence-electron chi connectivity index (χ2n) is 5.95. The molecule has 29 heavy (non-hydrogen) atoms. The van der Waals surface area contributed by atoms with Crippen LogP contribution in [0, 0.1) is 0 Å². The van der Waals surface area contributed by atoms with Gasteiger partial charge in [0, 0.05) is 14.1 Å². The van der Waals surface area contributed by atoms with E-state index in [4.69, 9.17) is 4.74 Å². The molecule has 2 aromatic rings. The van der Waals surface area contributed by atoms with Gasteiger partial charge in [-0.2, -0.15) is 0 Å². The average Bonchev–Trinajstić information content (AvgIpc) is 2.73. The van der Waals surface area contributed by atoms with Gasteiger partial charge in [0.15, 0.2) is 6.10 Å². The van der Waals surface area contributed by atoms with Gasteiger partial charge in [-0.1, -0.05) is 18.2 Å². The van der Waals surface area contributed by atoms with Crippen molar-refractivity contribution in [1.82, 2.24) is 10.6 Å². The van der Waals surface area contributed by atoms with Crippen molar-refractivity contribution in [3.63, 3.8) is 0 Å². The highest BCUT2D eigenvalue weighted by Gasteiger charge is 2.23. The minimum absolute atomic E-state index is 0.00851. The van der Waals surface area contributed by atoms with Crippen molar-refractivity contribution in [1.29, 1.82) is 0 Å². The minimum atomic E-state index is -3.81. The lowest BCUT2D eigenvalue weighted by molar-refractivity contribution is -0.127. The Bertz CT molecular complexity index is 990. The van der Waals surface area contributed by atoms with Gasteiger partial charge in [-0.3, -0.25) is 14.4 Å². The molecule has 0 heterocycles. The van der Waals surface area contributed by atoms with Crippen LogP contribution in [0.1, 0.15) is 17.3 Å². The summed E-state index contributed by atoms with van der Waals surface area (Å²) in [6, 6.07) is 13.0. The predicted octanol–water partition coefficient (Wildman–Crippen LogP) is 1.51. The van der Waals surface area contributed by atoms with E-state index in [1.807, 2.05) is 5.32 Å². The minimum Gasteiger partial charge on any atom is -0.449 e. The van der Waals surface area contributed by atoms with Gasteiger partial charge in [-0.25, -0.2) is 18.0 Å². The van der Waals surface area contributed by atoms with E-state index >= 15 is 0 Å². The maximum absolute atomic E-state index is 12.7. The molecule has 0 aliphatic carbocycles. The van der Waals surface area contributed by atoms with Crippen LogP contribution >= 0.6 is 0 Å². The van der Waals surface area contributed by atoms with Crippen LogP contribution in [-0.4, -0.2) is 46.5 Å².